The number of hydrogen-bond acceptors (Lipinski definition) is 5. The molecule has 1 rings (SSSR count). The zero-order valence-electron chi connectivity index (χ0n) is 11.3. The van der Waals surface area contributed by atoms with Crippen LogP contribution in [0.2, 0.25) is 0 Å². The molecule has 1 aromatic carbocycles. The molecule has 0 aromatic heterocycles. The van der Waals surface area contributed by atoms with Crippen molar-refractivity contribution in [3.8, 4) is 11.5 Å². The maximum atomic E-state index is 11.7. The quantitative estimate of drug-likeness (QED) is 0.640. The van der Waals surface area contributed by atoms with Gasteiger partial charge in [-0.25, -0.2) is 4.79 Å². The van der Waals surface area contributed by atoms with Gasteiger partial charge in [-0.05, 0) is 6.07 Å². The molecule has 0 aliphatic carbocycles. The molecular weight excluding hydrogens is 266 g/mol. The Morgan fingerprint density at radius 3 is 2.55 bits per heavy atom. The van der Waals surface area contributed by atoms with Gasteiger partial charge in [0.15, 0.2) is 6.10 Å². The van der Waals surface area contributed by atoms with Crippen LogP contribution in [0.4, 0.5) is 0 Å². The van der Waals surface area contributed by atoms with Crippen LogP contribution < -0.4 is 14.8 Å². The number of aliphatic carboxylic acids is 1. The van der Waals surface area contributed by atoms with Gasteiger partial charge < -0.3 is 25.0 Å². The second-order valence-corrected chi connectivity index (χ2v) is 4.01. The summed E-state index contributed by atoms with van der Waals surface area (Å²) in [5.41, 5.74) is 0.635. The number of amides is 1. The number of methoxy groups -OCH3 is 2. The summed E-state index contributed by atoms with van der Waals surface area (Å²) in [5.74, 6) is -0.688. The summed E-state index contributed by atoms with van der Waals surface area (Å²) in [4.78, 5) is 22.1. The van der Waals surface area contributed by atoms with Crippen molar-refractivity contribution in [2.24, 2.45) is 0 Å². The smallest absolute Gasteiger partial charge is 0.334 e. The van der Waals surface area contributed by atoms with Crippen LogP contribution in [0, 0.1) is 0 Å². The molecule has 7 nitrogen and oxygen atoms in total. The molecule has 1 amide bonds. The summed E-state index contributed by atoms with van der Waals surface area (Å²) < 4.78 is 10.2. The average molecular weight is 283 g/mol. The number of nitrogens with one attached hydrogen (secondary N) is 1. The van der Waals surface area contributed by atoms with E-state index in [1.54, 1.807) is 18.2 Å². The Kier molecular flexibility index (Phi) is 5.79. The molecule has 3 N–H and O–H groups in total. The highest BCUT2D eigenvalue weighted by molar-refractivity contribution is 5.80. The van der Waals surface area contributed by atoms with E-state index in [-0.39, 0.29) is 13.0 Å². The van der Waals surface area contributed by atoms with Crippen molar-refractivity contribution in [2.45, 2.75) is 12.5 Å². The molecule has 0 aliphatic heterocycles. The Bertz CT molecular complexity index is 488. The first kappa shape index (κ1) is 15.8. The van der Waals surface area contributed by atoms with E-state index in [9.17, 15) is 9.59 Å². The number of aliphatic hydroxyl groups excluding tert-OH is 1. The lowest BCUT2D eigenvalue weighted by molar-refractivity contribution is -0.146. The molecule has 1 atom stereocenters. The van der Waals surface area contributed by atoms with E-state index < -0.39 is 18.0 Å². The van der Waals surface area contributed by atoms with Gasteiger partial charge >= 0.3 is 5.97 Å². The molecule has 0 saturated carbocycles. The Morgan fingerprint density at radius 2 is 2.00 bits per heavy atom. The van der Waals surface area contributed by atoms with Gasteiger partial charge in [-0.1, -0.05) is 6.07 Å². The number of hydrogen-bond donors (Lipinski definition) is 3. The predicted octanol–water partition coefficient (Wildman–Crippen LogP) is -0.192. The Labute approximate surface area is 116 Å². The van der Waals surface area contributed by atoms with Crippen LogP contribution in [0.3, 0.4) is 0 Å². The SMILES string of the molecule is COc1ccc(CC(=O)NC[C@H](O)C(=O)O)c(OC)c1. The zero-order valence-corrected chi connectivity index (χ0v) is 11.3. The standard InChI is InChI=1S/C13H17NO6/c1-19-9-4-3-8(11(6-9)20-2)5-12(16)14-7-10(15)13(17)18/h3-4,6,10,15H,5,7H2,1-2H3,(H,14,16)(H,17,18)/t10-/m0/s1. The van der Waals surface area contributed by atoms with E-state index >= 15 is 0 Å². The van der Waals surface area contributed by atoms with Crippen molar-refractivity contribution in [3.05, 3.63) is 23.8 Å². The van der Waals surface area contributed by atoms with Gasteiger partial charge in [0.05, 0.1) is 27.2 Å². The second kappa shape index (κ2) is 7.34. The number of aliphatic hydroxyl groups is 1. The van der Waals surface area contributed by atoms with E-state index in [1.807, 2.05) is 0 Å². The monoisotopic (exact) mass is 283 g/mol. The highest BCUT2D eigenvalue weighted by atomic mass is 16.5. The van der Waals surface area contributed by atoms with Crippen molar-refractivity contribution in [1.82, 2.24) is 5.32 Å². The van der Waals surface area contributed by atoms with Crippen molar-refractivity contribution in [2.75, 3.05) is 20.8 Å². The van der Waals surface area contributed by atoms with E-state index in [2.05, 4.69) is 5.32 Å². The second-order valence-electron chi connectivity index (χ2n) is 4.01. The molecule has 7 heteroatoms. The molecule has 0 fully saturated rings. The molecular formula is C13H17NO6. The van der Waals surface area contributed by atoms with Gasteiger partial charge in [0.1, 0.15) is 11.5 Å². The molecule has 0 saturated heterocycles. The lowest BCUT2D eigenvalue weighted by Gasteiger charge is -2.11. The fourth-order valence-corrected chi connectivity index (χ4v) is 1.53. The first-order chi connectivity index (χ1) is 9.47. The topological polar surface area (TPSA) is 105 Å². The maximum Gasteiger partial charge on any atom is 0.334 e. The fourth-order valence-electron chi connectivity index (χ4n) is 1.53. The number of rotatable bonds is 7. The number of benzene rings is 1. The van der Waals surface area contributed by atoms with Crippen molar-refractivity contribution in [3.63, 3.8) is 0 Å². The van der Waals surface area contributed by atoms with Gasteiger partial charge in [-0.15, -0.1) is 0 Å². The number of carboxylic acid groups (broad SMARTS) is 1. The van der Waals surface area contributed by atoms with Crippen LogP contribution >= 0.6 is 0 Å². The van der Waals surface area contributed by atoms with Crippen molar-refractivity contribution in [1.29, 1.82) is 0 Å². The lowest BCUT2D eigenvalue weighted by atomic mass is 10.1. The van der Waals surface area contributed by atoms with Crippen LogP contribution in [0.25, 0.3) is 0 Å². The third kappa shape index (κ3) is 4.43. The number of carbonyl (C=O) groups is 2. The molecule has 0 heterocycles. The third-order valence-corrected chi connectivity index (χ3v) is 2.62. The fraction of sp³-hybridized carbons (Fsp3) is 0.385. The van der Waals surface area contributed by atoms with Crippen molar-refractivity contribution >= 4 is 11.9 Å². The van der Waals surface area contributed by atoms with Crippen LogP contribution in [0.5, 0.6) is 11.5 Å². The van der Waals surface area contributed by atoms with Gasteiger partial charge in [0, 0.05) is 11.6 Å². The van der Waals surface area contributed by atoms with E-state index in [1.165, 1.54) is 14.2 Å². The van der Waals surface area contributed by atoms with E-state index in [0.29, 0.717) is 17.1 Å². The minimum Gasteiger partial charge on any atom is -0.497 e. The zero-order chi connectivity index (χ0) is 15.1. The minimum atomic E-state index is -1.61. The normalized spacial score (nSPS) is 11.6. The van der Waals surface area contributed by atoms with Crippen LogP contribution in [-0.4, -0.2) is 49.0 Å². The van der Waals surface area contributed by atoms with Gasteiger partial charge in [-0.2, -0.15) is 0 Å². The summed E-state index contributed by atoms with van der Waals surface area (Å²) in [6.07, 6.45) is -1.60. The molecule has 110 valence electrons. The summed E-state index contributed by atoms with van der Waals surface area (Å²) >= 11 is 0. The van der Waals surface area contributed by atoms with Gasteiger partial charge in [0.2, 0.25) is 5.91 Å². The number of carboxylic acids is 1. The minimum absolute atomic E-state index is 0.0134. The molecule has 0 aliphatic rings. The number of carbonyl (C=O) groups excluding carboxylic acids is 1. The Morgan fingerprint density at radius 1 is 1.30 bits per heavy atom. The van der Waals surface area contributed by atoms with Crippen LogP contribution in [0.1, 0.15) is 5.56 Å². The molecule has 1 aromatic rings. The Balaban J connectivity index is 2.64. The van der Waals surface area contributed by atoms with Gasteiger partial charge in [0.25, 0.3) is 0 Å². The molecule has 20 heavy (non-hydrogen) atoms. The number of ether oxygens (including phenoxy) is 2. The molecule has 0 spiro atoms. The van der Waals surface area contributed by atoms with Crippen molar-refractivity contribution < 1.29 is 29.3 Å². The molecule has 0 bridgehead atoms. The lowest BCUT2D eigenvalue weighted by Crippen LogP contribution is -2.37. The largest absolute Gasteiger partial charge is 0.497 e. The van der Waals surface area contributed by atoms with Gasteiger partial charge in [-0.3, -0.25) is 4.79 Å². The van der Waals surface area contributed by atoms with Crippen LogP contribution in [0.15, 0.2) is 18.2 Å². The summed E-state index contributed by atoms with van der Waals surface area (Å²) in [6.45, 7) is -0.341. The maximum absolute atomic E-state index is 11.7. The Hall–Kier alpha value is -2.28. The first-order valence-electron chi connectivity index (χ1n) is 5.86. The summed E-state index contributed by atoms with van der Waals surface area (Å²) in [6, 6.07) is 5.02. The third-order valence-electron chi connectivity index (χ3n) is 2.62. The predicted molar refractivity (Wildman–Crippen MR) is 69.9 cm³/mol. The molecule has 0 radical (unpaired) electrons. The summed E-state index contributed by atoms with van der Waals surface area (Å²) in [5, 5.41) is 19.9. The average Bonchev–Trinajstić information content (AvgIpc) is 2.44. The highest BCUT2D eigenvalue weighted by Crippen LogP contribution is 2.24. The highest BCUT2D eigenvalue weighted by Gasteiger charge is 2.15. The van der Waals surface area contributed by atoms with E-state index in [4.69, 9.17) is 19.7 Å². The van der Waals surface area contributed by atoms with E-state index in [0.717, 1.165) is 0 Å². The summed E-state index contributed by atoms with van der Waals surface area (Å²) in [7, 11) is 3.00. The van der Waals surface area contributed by atoms with Crippen LogP contribution in [-0.2, 0) is 16.0 Å². The molecule has 0 unspecified atom stereocenters. The first-order valence-corrected chi connectivity index (χ1v) is 5.86.